The minimum absolute atomic E-state index is 0.0856. The molecule has 0 saturated heterocycles. The highest BCUT2D eigenvalue weighted by Crippen LogP contribution is 2.33. The van der Waals surface area contributed by atoms with Gasteiger partial charge in [0.2, 0.25) is 5.69 Å². The molecule has 7 nitrogen and oxygen atoms in total. The van der Waals surface area contributed by atoms with Crippen LogP contribution in [-0.4, -0.2) is 33.4 Å². The second kappa shape index (κ2) is 8.31. The van der Waals surface area contributed by atoms with Gasteiger partial charge in [-0.2, -0.15) is 13.2 Å². The number of hydrogen-bond acceptors (Lipinski definition) is 5. The SMILES string of the molecule is CCNC(=O)c1ccc(OC(=O)c2nnn(-c3ccc(F)cc3)c2C(F)(F)F)cc1. The van der Waals surface area contributed by atoms with Crippen LogP contribution in [0.25, 0.3) is 5.69 Å². The molecule has 0 radical (unpaired) electrons. The van der Waals surface area contributed by atoms with Gasteiger partial charge in [0.1, 0.15) is 11.6 Å². The topological polar surface area (TPSA) is 86.1 Å². The maximum absolute atomic E-state index is 13.6. The van der Waals surface area contributed by atoms with Crippen LogP contribution in [0.5, 0.6) is 5.75 Å². The fourth-order valence-electron chi connectivity index (χ4n) is 2.53. The first-order chi connectivity index (χ1) is 14.2. The summed E-state index contributed by atoms with van der Waals surface area (Å²) in [6.45, 7) is 2.16. The van der Waals surface area contributed by atoms with E-state index < -0.39 is 29.4 Å². The van der Waals surface area contributed by atoms with Gasteiger partial charge in [-0.3, -0.25) is 4.79 Å². The maximum Gasteiger partial charge on any atom is 0.436 e. The number of nitrogens with zero attached hydrogens (tertiary/aromatic N) is 3. The second-order valence-corrected chi connectivity index (χ2v) is 5.95. The summed E-state index contributed by atoms with van der Waals surface area (Å²) in [5, 5.41) is 9.26. The number of rotatable bonds is 5. The van der Waals surface area contributed by atoms with Crippen molar-refractivity contribution in [2.75, 3.05) is 6.54 Å². The van der Waals surface area contributed by atoms with Crippen molar-refractivity contribution in [2.24, 2.45) is 0 Å². The zero-order valence-electron chi connectivity index (χ0n) is 15.4. The van der Waals surface area contributed by atoms with E-state index in [9.17, 15) is 27.2 Å². The van der Waals surface area contributed by atoms with Gasteiger partial charge in [0.15, 0.2) is 5.69 Å². The van der Waals surface area contributed by atoms with Crippen LogP contribution in [0.2, 0.25) is 0 Å². The average Bonchev–Trinajstić information content (AvgIpc) is 3.15. The Balaban J connectivity index is 1.89. The molecule has 2 aromatic carbocycles. The van der Waals surface area contributed by atoms with Crippen molar-refractivity contribution >= 4 is 11.9 Å². The number of halogens is 4. The highest BCUT2D eigenvalue weighted by molar-refractivity contribution is 5.94. The van der Waals surface area contributed by atoms with Crippen LogP contribution in [-0.2, 0) is 6.18 Å². The van der Waals surface area contributed by atoms with E-state index in [0.717, 1.165) is 24.3 Å². The molecule has 1 amide bonds. The highest BCUT2D eigenvalue weighted by atomic mass is 19.4. The molecule has 11 heteroatoms. The van der Waals surface area contributed by atoms with Gasteiger partial charge in [-0.15, -0.1) is 5.10 Å². The number of ether oxygens (including phenoxy) is 1. The van der Waals surface area contributed by atoms with Crippen LogP contribution in [0, 0.1) is 5.82 Å². The Morgan fingerprint density at radius 2 is 1.70 bits per heavy atom. The van der Waals surface area contributed by atoms with E-state index in [1.165, 1.54) is 24.3 Å². The molecule has 0 atom stereocenters. The van der Waals surface area contributed by atoms with Crippen LogP contribution >= 0.6 is 0 Å². The van der Waals surface area contributed by atoms with E-state index in [-0.39, 0.29) is 22.9 Å². The third-order valence-electron chi connectivity index (χ3n) is 3.87. The first kappa shape index (κ1) is 21.0. The van der Waals surface area contributed by atoms with Gasteiger partial charge in [-0.1, -0.05) is 5.21 Å². The summed E-state index contributed by atoms with van der Waals surface area (Å²) in [4.78, 5) is 24.0. The zero-order chi connectivity index (χ0) is 21.9. The summed E-state index contributed by atoms with van der Waals surface area (Å²) < 4.78 is 59.2. The van der Waals surface area contributed by atoms with Gasteiger partial charge in [0.25, 0.3) is 5.91 Å². The molecule has 0 fully saturated rings. The molecule has 0 aliphatic carbocycles. The largest absolute Gasteiger partial charge is 0.436 e. The molecule has 0 bridgehead atoms. The second-order valence-electron chi connectivity index (χ2n) is 5.95. The van der Waals surface area contributed by atoms with Gasteiger partial charge in [0.05, 0.1) is 5.69 Å². The monoisotopic (exact) mass is 422 g/mol. The predicted octanol–water partition coefficient (Wildman–Crippen LogP) is 3.39. The van der Waals surface area contributed by atoms with E-state index in [2.05, 4.69) is 15.6 Å². The Hall–Kier alpha value is -3.76. The van der Waals surface area contributed by atoms with Crippen molar-refractivity contribution in [2.45, 2.75) is 13.1 Å². The fraction of sp³-hybridized carbons (Fsp3) is 0.158. The lowest BCUT2D eigenvalue weighted by atomic mass is 10.2. The minimum atomic E-state index is -4.99. The van der Waals surface area contributed by atoms with Gasteiger partial charge in [-0.05, 0) is 55.5 Å². The van der Waals surface area contributed by atoms with Crippen molar-refractivity contribution in [3.05, 3.63) is 71.3 Å². The molecule has 0 saturated carbocycles. The lowest BCUT2D eigenvalue weighted by Gasteiger charge is -2.11. The molecule has 1 N–H and O–H groups in total. The summed E-state index contributed by atoms with van der Waals surface area (Å²) in [7, 11) is 0. The summed E-state index contributed by atoms with van der Waals surface area (Å²) in [6, 6.07) is 9.27. The Bertz CT molecular complexity index is 1060. The van der Waals surface area contributed by atoms with Gasteiger partial charge >= 0.3 is 12.1 Å². The van der Waals surface area contributed by atoms with Crippen LogP contribution < -0.4 is 10.1 Å². The number of hydrogen-bond donors (Lipinski definition) is 1. The van der Waals surface area contributed by atoms with Crippen molar-refractivity contribution in [3.8, 4) is 11.4 Å². The van der Waals surface area contributed by atoms with E-state index in [1.807, 2.05) is 0 Å². The molecule has 156 valence electrons. The summed E-state index contributed by atoms with van der Waals surface area (Å²) in [5.74, 6) is -2.47. The molecular weight excluding hydrogens is 408 g/mol. The molecular formula is C19H14F4N4O3. The molecule has 0 unspecified atom stereocenters. The van der Waals surface area contributed by atoms with E-state index in [1.54, 1.807) is 6.92 Å². The molecule has 30 heavy (non-hydrogen) atoms. The smallest absolute Gasteiger partial charge is 0.422 e. The molecule has 0 spiro atoms. The number of benzene rings is 2. The van der Waals surface area contributed by atoms with Crippen molar-refractivity contribution in [1.82, 2.24) is 20.3 Å². The van der Waals surface area contributed by atoms with Crippen molar-refractivity contribution in [3.63, 3.8) is 0 Å². The minimum Gasteiger partial charge on any atom is -0.422 e. The fourth-order valence-corrected chi connectivity index (χ4v) is 2.53. The number of nitrogens with one attached hydrogen (secondary N) is 1. The number of carbonyl (C=O) groups excluding carboxylic acids is 2. The number of carbonyl (C=O) groups is 2. The Morgan fingerprint density at radius 1 is 1.07 bits per heavy atom. The van der Waals surface area contributed by atoms with Crippen LogP contribution in [0.3, 0.4) is 0 Å². The quantitative estimate of drug-likeness (QED) is 0.387. The Kier molecular flexibility index (Phi) is 5.81. The maximum atomic E-state index is 13.6. The van der Waals surface area contributed by atoms with Gasteiger partial charge < -0.3 is 10.1 Å². The third kappa shape index (κ3) is 4.45. The lowest BCUT2D eigenvalue weighted by molar-refractivity contribution is -0.143. The molecule has 0 aliphatic heterocycles. The van der Waals surface area contributed by atoms with Gasteiger partial charge in [0, 0.05) is 12.1 Å². The summed E-state index contributed by atoms with van der Waals surface area (Å²) in [6.07, 6.45) is -4.99. The van der Waals surface area contributed by atoms with Crippen molar-refractivity contribution in [1.29, 1.82) is 0 Å². The number of alkyl halides is 3. The third-order valence-corrected chi connectivity index (χ3v) is 3.87. The molecule has 3 rings (SSSR count). The predicted molar refractivity (Wildman–Crippen MR) is 95.7 cm³/mol. The molecule has 3 aromatic rings. The number of esters is 1. The zero-order valence-corrected chi connectivity index (χ0v) is 15.4. The first-order valence-electron chi connectivity index (χ1n) is 8.60. The molecule has 1 aromatic heterocycles. The highest BCUT2D eigenvalue weighted by Gasteiger charge is 2.42. The van der Waals surface area contributed by atoms with E-state index in [0.29, 0.717) is 11.2 Å². The Labute approximate surface area is 167 Å². The summed E-state index contributed by atoms with van der Waals surface area (Å²) >= 11 is 0. The number of amides is 1. The molecule has 1 heterocycles. The normalized spacial score (nSPS) is 11.2. The van der Waals surface area contributed by atoms with Crippen LogP contribution in [0.1, 0.15) is 33.5 Å². The molecule has 0 aliphatic rings. The Morgan fingerprint density at radius 3 is 2.27 bits per heavy atom. The van der Waals surface area contributed by atoms with E-state index >= 15 is 0 Å². The summed E-state index contributed by atoms with van der Waals surface area (Å²) in [5.41, 5.74) is -2.37. The van der Waals surface area contributed by atoms with Crippen molar-refractivity contribution < 1.29 is 31.9 Å². The van der Waals surface area contributed by atoms with Gasteiger partial charge in [-0.25, -0.2) is 13.9 Å². The standard InChI is InChI=1S/C19H14F4N4O3/c1-2-24-17(28)11-3-9-14(10-4-11)30-18(29)15-16(19(21,22)23)27(26-25-15)13-7-5-12(20)6-8-13/h3-10H,2H2,1H3,(H,24,28). The van der Waals surface area contributed by atoms with Crippen LogP contribution in [0.4, 0.5) is 17.6 Å². The van der Waals surface area contributed by atoms with Crippen LogP contribution in [0.15, 0.2) is 48.5 Å². The lowest BCUT2D eigenvalue weighted by Crippen LogP contribution is -2.22. The number of aromatic nitrogens is 3. The van der Waals surface area contributed by atoms with E-state index in [4.69, 9.17) is 4.74 Å². The average molecular weight is 422 g/mol. The first-order valence-corrected chi connectivity index (χ1v) is 8.60.